The first kappa shape index (κ1) is 28.7. The fourth-order valence-electron chi connectivity index (χ4n) is 6.34. The molecule has 216 valence electrons. The number of pyridine rings is 1. The van der Waals surface area contributed by atoms with Gasteiger partial charge >= 0.3 is 6.09 Å². The number of hydrogen-bond donors (Lipinski definition) is 2. The van der Waals surface area contributed by atoms with Crippen molar-refractivity contribution < 1.29 is 14.6 Å². The molecular weight excluding hydrogens is 526 g/mol. The molecule has 2 aliphatic rings. The Morgan fingerprint density at radius 2 is 1.82 bits per heavy atom. The normalized spacial score (nSPS) is 21.2. The van der Waals surface area contributed by atoms with Gasteiger partial charge in [-0.15, -0.1) is 0 Å². The summed E-state index contributed by atoms with van der Waals surface area (Å²) in [6.07, 6.45) is 4.78. The highest BCUT2D eigenvalue weighted by atomic mass is 35.5. The predicted octanol–water partition coefficient (Wildman–Crippen LogP) is 5.93. The first-order valence-corrected chi connectivity index (χ1v) is 14.7. The number of aliphatic hydroxyl groups excluding tert-OH is 1. The van der Waals surface area contributed by atoms with Crippen LogP contribution in [0.4, 0.5) is 10.5 Å². The van der Waals surface area contributed by atoms with Gasteiger partial charge in [-0.2, -0.15) is 0 Å². The van der Waals surface area contributed by atoms with Gasteiger partial charge in [0.1, 0.15) is 17.5 Å². The van der Waals surface area contributed by atoms with Gasteiger partial charge in [-0.1, -0.05) is 23.7 Å². The number of carbonyl (C=O) groups excluding carboxylic acids is 1. The molecule has 3 aromatic rings. The zero-order valence-corrected chi connectivity index (χ0v) is 25.2. The number of fused-ring (bicyclic) bond motifs is 3. The number of H-pyrrole nitrogens is 1. The molecule has 2 aliphatic heterocycles. The summed E-state index contributed by atoms with van der Waals surface area (Å²) in [4.78, 5) is 27.5. The molecule has 5 rings (SSSR count). The molecule has 0 saturated carbocycles. The smallest absolute Gasteiger partial charge is 0.410 e. The van der Waals surface area contributed by atoms with Crippen LogP contribution in [0.2, 0.25) is 5.02 Å². The molecule has 2 aromatic heterocycles. The molecule has 0 spiro atoms. The van der Waals surface area contributed by atoms with E-state index in [1.807, 2.05) is 71.3 Å². The van der Waals surface area contributed by atoms with Crippen LogP contribution in [-0.4, -0.2) is 80.6 Å². The third-order valence-corrected chi connectivity index (χ3v) is 8.49. The molecule has 2 fully saturated rings. The molecule has 9 heteroatoms. The highest BCUT2D eigenvalue weighted by Gasteiger charge is 2.46. The van der Waals surface area contributed by atoms with Gasteiger partial charge in [0.2, 0.25) is 0 Å². The van der Waals surface area contributed by atoms with Crippen molar-refractivity contribution in [2.24, 2.45) is 0 Å². The van der Waals surface area contributed by atoms with Crippen LogP contribution in [0, 0.1) is 6.92 Å². The van der Waals surface area contributed by atoms with Crippen LogP contribution in [0.3, 0.4) is 0 Å². The van der Waals surface area contributed by atoms with Crippen molar-refractivity contribution in [2.45, 2.75) is 90.3 Å². The Morgan fingerprint density at radius 3 is 2.42 bits per heavy atom. The minimum atomic E-state index is -0.768. The van der Waals surface area contributed by atoms with E-state index in [-0.39, 0.29) is 30.1 Å². The standard InChI is InChI=1S/C31H42ClN5O3/c1-19(2)36(30(39)40-31(4,5)6)18-25(21-7-9-22(32)10-8-21)29(38)37-23-11-12-24(37)17-35(16-23)26-13-14-33-28-27(26)20(3)15-34-28/h7-10,13-15,19,23-25,29,38H,11-12,16-18H2,1-6H3,(H,33,34)/t23?,24?,25-,29?/m1/s1. The Labute approximate surface area is 242 Å². The number of benzene rings is 1. The van der Waals surface area contributed by atoms with Gasteiger partial charge in [-0.25, -0.2) is 9.78 Å². The third kappa shape index (κ3) is 5.80. The Bertz CT molecular complexity index is 1320. The molecule has 2 bridgehead atoms. The molecule has 0 radical (unpaired) electrons. The summed E-state index contributed by atoms with van der Waals surface area (Å²) in [5.41, 5.74) is 3.63. The second kappa shape index (κ2) is 11.2. The average molecular weight is 568 g/mol. The SMILES string of the molecule is Cc1c[nH]c2nccc(N3CC4CCC(C3)N4C(O)[C@H](CN(C(=O)OC(C)(C)C)C(C)C)c3ccc(Cl)cc3)c12. The number of hydrogen-bond acceptors (Lipinski definition) is 6. The molecular formula is C31H42ClN5O3. The maximum Gasteiger partial charge on any atom is 0.410 e. The van der Waals surface area contributed by atoms with E-state index in [9.17, 15) is 9.90 Å². The molecule has 40 heavy (non-hydrogen) atoms. The topological polar surface area (TPSA) is 84.9 Å². The molecule has 4 atom stereocenters. The van der Waals surface area contributed by atoms with Gasteiger partial charge in [0.25, 0.3) is 0 Å². The zero-order chi connectivity index (χ0) is 28.8. The largest absolute Gasteiger partial charge is 0.444 e. The van der Waals surface area contributed by atoms with Crippen molar-refractivity contribution in [2.75, 3.05) is 24.5 Å². The van der Waals surface area contributed by atoms with E-state index in [0.717, 1.165) is 37.1 Å². The lowest BCUT2D eigenvalue weighted by Gasteiger charge is -2.47. The Morgan fingerprint density at radius 1 is 1.18 bits per heavy atom. The molecule has 4 heterocycles. The number of ether oxygens (including phenoxy) is 1. The van der Waals surface area contributed by atoms with Gasteiger partial charge in [0, 0.05) is 72.2 Å². The Kier molecular flexibility index (Phi) is 8.06. The second-order valence-corrected chi connectivity index (χ2v) is 13.0. The van der Waals surface area contributed by atoms with Crippen LogP contribution in [0.25, 0.3) is 11.0 Å². The number of aromatic amines is 1. The van der Waals surface area contributed by atoms with Gasteiger partial charge in [-0.05, 0) is 83.7 Å². The van der Waals surface area contributed by atoms with Gasteiger partial charge < -0.3 is 24.6 Å². The summed E-state index contributed by atoms with van der Waals surface area (Å²) in [6, 6.07) is 10.0. The Hall–Kier alpha value is -2.81. The van der Waals surface area contributed by atoms with Gasteiger partial charge in [-0.3, -0.25) is 4.90 Å². The molecule has 8 nitrogen and oxygen atoms in total. The number of amides is 1. The maximum absolute atomic E-state index is 13.2. The monoisotopic (exact) mass is 567 g/mol. The van der Waals surface area contributed by atoms with Gasteiger partial charge in [0.15, 0.2) is 0 Å². The molecule has 3 unspecified atom stereocenters. The maximum atomic E-state index is 13.2. The number of halogens is 1. The van der Waals surface area contributed by atoms with Crippen LogP contribution < -0.4 is 4.90 Å². The van der Waals surface area contributed by atoms with Crippen molar-refractivity contribution in [1.29, 1.82) is 0 Å². The van der Waals surface area contributed by atoms with E-state index in [1.54, 1.807) is 4.90 Å². The molecule has 0 aliphatic carbocycles. The van der Waals surface area contributed by atoms with Crippen LogP contribution in [0.5, 0.6) is 0 Å². The first-order chi connectivity index (χ1) is 18.9. The lowest BCUT2D eigenvalue weighted by atomic mass is 9.93. The highest BCUT2D eigenvalue weighted by Crippen LogP contribution is 2.39. The summed E-state index contributed by atoms with van der Waals surface area (Å²) in [6.45, 7) is 13.7. The first-order valence-electron chi connectivity index (χ1n) is 14.3. The minimum Gasteiger partial charge on any atom is -0.444 e. The fourth-order valence-corrected chi connectivity index (χ4v) is 6.47. The fraction of sp³-hybridized carbons (Fsp3) is 0.548. The van der Waals surface area contributed by atoms with Crippen LogP contribution in [-0.2, 0) is 4.74 Å². The van der Waals surface area contributed by atoms with Crippen molar-refractivity contribution in [1.82, 2.24) is 19.8 Å². The van der Waals surface area contributed by atoms with Crippen molar-refractivity contribution >= 4 is 34.4 Å². The van der Waals surface area contributed by atoms with Crippen molar-refractivity contribution in [3.05, 3.63) is 58.9 Å². The van der Waals surface area contributed by atoms with Crippen LogP contribution >= 0.6 is 11.6 Å². The van der Waals surface area contributed by atoms with Crippen molar-refractivity contribution in [3.8, 4) is 0 Å². The molecule has 2 N–H and O–H groups in total. The Balaban J connectivity index is 1.42. The number of anilines is 1. The summed E-state index contributed by atoms with van der Waals surface area (Å²) >= 11 is 6.23. The minimum absolute atomic E-state index is 0.0934. The lowest BCUT2D eigenvalue weighted by Crippen LogP contribution is -2.59. The van der Waals surface area contributed by atoms with Crippen molar-refractivity contribution in [3.63, 3.8) is 0 Å². The van der Waals surface area contributed by atoms with E-state index in [0.29, 0.717) is 11.6 Å². The number of aromatic nitrogens is 2. The number of rotatable bonds is 7. The second-order valence-electron chi connectivity index (χ2n) is 12.6. The van der Waals surface area contributed by atoms with E-state index in [4.69, 9.17) is 16.3 Å². The highest BCUT2D eigenvalue weighted by molar-refractivity contribution is 6.30. The molecule has 1 aromatic carbocycles. The number of piperazine rings is 1. The van der Waals surface area contributed by atoms with E-state index >= 15 is 0 Å². The number of nitrogens with zero attached hydrogens (tertiary/aromatic N) is 4. The summed E-state index contributed by atoms with van der Waals surface area (Å²) < 4.78 is 5.75. The molecule has 1 amide bonds. The number of aliphatic hydroxyl groups is 1. The number of carbonyl (C=O) groups is 1. The van der Waals surface area contributed by atoms with E-state index in [2.05, 4.69) is 32.8 Å². The number of nitrogens with one attached hydrogen (secondary N) is 1. The van der Waals surface area contributed by atoms with Crippen LogP contribution in [0.1, 0.15) is 64.5 Å². The zero-order valence-electron chi connectivity index (χ0n) is 24.4. The van der Waals surface area contributed by atoms with Gasteiger partial charge in [0.05, 0.1) is 0 Å². The summed E-state index contributed by atoms with van der Waals surface area (Å²) in [5, 5.41) is 13.9. The van der Waals surface area contributed by atoms with E-state index in [1.165, 1.54) is 16.6 Å². The van der Waals surface area contributed by atoms with Crippen LogP contribution in [0.15, 0.2) is 42.7 Å². The number of aryl methyl sites for hydroxylation is 1. The lowest BCUT2D eigenvalue weighted by molar-refractivity contribution is -0.0609. The molecule has 2 saturated heterocycles. The third-order valence-electron chi connectivity index (χ3n) is 8.24. The summed E-state index contributed by atoms with van der Waals surface area (Å²) in [7, 11) is 0. The quantitative estimate of drug-likeness (QED) is 0.368. The summed E-state index contributed by atoms with van der Waals surface area (Å²) in [5.74, 6) is -0.332. The average Bonchev–Trinajstić information content (AvgIpc) is 3.39. The van der Waals surface area contributed by atoms with E-state index < -0.39 is 11.8 Å². The predicted molar refractivity (Wildman–Crippen MR) is 160 cm³/mol.